The number of piperazine rings is 1. The predicted molar refractivity (Wildman–Crippen MR) is 123 cm³/mol. The quantitative estimate of drug-likeness (QED) is 0.583. The summed E-state index contributed by atoms with van der Waals surface area (Å²) in [5.74, 6) is 1.05. The van der Waals surface area contributed by atoms with Crippen LogP contribution in [0.15, 0.2) is 30.7 Å². The summed E-state index contributed by atoms with van der Waals surface area (Å²) in [7, 11) is 1.82. The van der Waals surface area contributed by atoms with Crippen LogP contribution in [0.5, 0.6) is 5.75 Å². The molecule has 1 aromatic carbocycles. The Morgan fingerprint density at radius 1 is 1.21 bits per heavy atom. The molecule has 11 nitrogen and oxygen atoms in total. The molecule has 2 aromatic heterocycles. The molecule has 174 valence electrons. The van der Waals surface area contributed by atoms with Gasteiger partial charge in [0.1, 0.15) is 11.6 Å². The van der Waals surface area contributed by atoms with E-state index in [1.54, 1.807) is 23.0 Å². The zero-order valence-electron chi connectivity index (χ0n) is 18.9. The van der Waals surface area contributed by atoms with Crippen LogP contribution in [0.1, 0.15) is 30.6 Å². The van der Waals surface area contributed by atoms with Crippen molar-refractivity contribution in [3.05, 3.63) is 36.3 Å². The van der Waals surface area contributed by atoms with Gasteiger partial charge in [0.25, 0.3) is 5.91 Å². The minimum atomic E-state index is -0.901. The number of amides is 2. The fraction of sp³-hybridized carbons (Fsp3) is 0.409. The maximum Gasteiger partial charge on any atom is 0.407 e. The molecule has 3 heterocycles. The molecular formula is C22H27N7O4. The molecule has 1 fully saturated rings. The van der Waals surface area contributed by atoms with Gasteiger partial charge in [-0.2, -0.15) is 5.10 Å². The van der Waals surface area contributed by atoms with Crippen LogP contribution >= 0.6 is 0 Å². The number of benzene rings is 1. The topological polar surface area (TPSA) is 126 Å². The number of aryl methyl sites for hydroxylation is 1. The SMILES string of the molecule is CCOc1cc2nn(C)cc2cc1C(=O)Nc1cnc(N2CCN(C(=O)O)C(CC)C2)cn1. The largest absolute Gasteiger partial charge is 0.493 e. The van der Waals surface area contributed by atoms with Crippen molar-refractivity contribution < 1.29 is 19.4 Å². The van der Waals surface area contributed by atoms with Gasteiger partial charge in [-0.3, -0.25) is 9.48 Å². The highest BCUT2D eigenvalue weighted by molar-refractivity contribution is 6.08. The molecule has 2 amide bonds. The minimum Gasteiger partial charge on any atom is -0.493 e. The molecule has 1 atom stereocenters. The van der Waals surface area contributed by atoms with Gasteiger partial charge in [-0.1, -0.05) is 6.92 Å². The first kappa shape index (κ1) is 22.3. The van der Waals surface area contributed by atoms with Crippen molar-refractivity contribution >= 4 is 34.5 Å². The molecule has 4 rings (SSSR count). The van der Waals surface area contributed by atoms with Gasteiger partial charge in [-0.15, -0.1) is 0 Å². The van der Waals surface area contributed by atoms with E-state index in [0.717, 1.165) is 10.9 Å². The number of fused-ring (bicyclic) bond motifs is 1. The van der Waals surface area contributed by atoms with Crippen LogP contribution in [0.25, 0.3) is 10.9 Å². The summed E-state index contributed by atoms with van der Waals surface area (Å²) in [5.41, 5.74) is 1.13. The summed E-state index contributed by atoms with van der Waals surface area (Å²) in [5, 5.41) is 17.3. The Morgan fingerprint density at radius 2 is 2.03 bits per heavy atom. The van der Waals surface area contributed by atoms with Crippen molar-refractivity contribution in [2.45, 2.75) is 26.3 Å². The summed E-state index contributed by atoms with van der Waals surface area (Å²) in [6.45, 7) is 5.73. The van der Waals surface area contributed by atoms with Crippen LogP contribution in [-0.2, 0) is 7.05 Å². The van der Waals surface area contributed by atoms with Gasteiger partial charge in [0.15, 0.2) is 5.82 Å². The van der Waals surface area contributed by atoms with Gasteiger partial charge in [-0.25, -0.2) is 14.8 Å². The Kier molecular flexibility index (Phi) is 6.29. The highest BCUT2D eigenvalue weighted by atomic mass is 16.5. The van der Waals surface area contributed by atoms with Gasteiger partial charge in [0.2, 0.25) is 0 Å². The fourth-order valence-electron chi connectivity index (χ4n) is 4.03. The Hall–Kier alpha value is -3.89. The van der Waals surface area contributed by atoms with E-state index in [1.807, 2.05) is 32.0 Å². The van der Waals surface area contributed by atoms with Crippen LogP contribution in [0.2, 0.25) is 0 Å². The lowest BCUT2D eigenvalue weighted by Crippen LogP contribution is -2.55. The molecule has 1 aliphatic rings. The molecule has 2 N–H and O–H groups in total. The minimum absolute atomic E-state index is 0.100. The highest BCUT2D eigenvalue weighted by Gasteiger charge is 2.29. The van der Waals surface area contributed by atoms with Crippen molar-refractivity contribution in [2.24, 2.45) is 7.05 Å². The number of aromatic nitrogens is 4. The van der Waals surface area contributed by atoms with Crippen molar-refractivity contribution in [3.63, 3.8) is 0 Å². The number of rotatable bonds is 6. The van der Waals surface area contributed by atoms with E-state index in [-0.39, 0.29) is 11.9 Å². The summed E-state index contributed by atoms with van der Waals surface area (Å²) in [6, 6.07) is 3.40. The molecule has 0 aliphatic carbocycles. The smallest absolute Gasteiger partial charge is 0.407 e. The Bertz CT molecular complexity index is 1160. The van der Waals surface area contributed by atoms with Crippen molar-refractivity contribution in [1.82, 2.24) is 24.6 Å². The molecule has 33 heavy (non-hydrogen) atoms. The maximum atomic E-state index is 13.0. The van der Waals surface area contributed by atoms with E-state index in [4.69, 9.17) is 4.74 Å². The van der Waals surface area contributed by atoms with Gasteiger partial charge in [0.05, 0.1) is 36.1 Å². The number of carbonyl (C=O) groups is 2. The second-order valence-electron chi connectivity index (χ2n) is 7.84. The molecule has 1 aliphatic heterocycles. The number of carbonyl (C=O) groups excluding carboxylic acids is 1. The standard InChI is InChI=1S/C22H27N7O4/c1-4-15-13-28(6-7-29(15)22(31)32)20-11-23-19(10-24-20)25-21(30)16-8-14-12-27(3)26-17(14)9-18(16)33-5-2/h8-12,15H,4-7,13H2,1-3H3,(H,31,32)(H,23,25,30). The first-order valence-corrected chi connectivity index (χ1v) is 10.9. The third kappa shape index (κ3) is 4.66. The number of ether oxygens (including phenoxy) is 1. The van der Waals surface area contributed by atoms with E-state index in [2.05, 4.69) is 20.4 Å². The summed E-state index contributed by atoms with van der Waals surface area (Å²) in [6.07, 6.45) is 4.74. The molecule has 3 aromatic rings. The number of nitrogens with one attached hydrogen (secondary N) is 1. The van der Waals surface area contributed by atoms with Crippen molar-refractivity contribution in [3.8, 4) is 5.75 Å². The molecule has 1 saturated heterocycles. The number of nitrogens with zero attached hydrogens (tertiary/aromatic N) is 6. The number of carboxylic acid groups (broad SMARTS) is 1. The second kappa shape index (κ2) is 9.31. The highest BCUT2D eigenvalue weighted by Crippen LogP contribution is 2.26. The van der Waals surface area contributed by atoms with Crippen molar-refractivity contribution in [2.75, 3.05) is 36.5 Å². The molecule has 1 unspecified atom stereocenters. The lowest BCUT2D eigenvalue weighted by atomic mass is 10.1. The molecule has 0 saturated carbocycles. The second-order valence-corrected chi connectivity index (χ2v) is 7.84. The van der Waals surface area contributed by atoms with Crippen molar-refractivity contribution in [1.29, 1.82) is 0 Å². The Morgan fingerprint density at radius 3 is 2.70 bits per heavy atom. The van der Waals surface area contributed by atoms with Gasteiger partial charge in [0, 0.05) is 44.3 Å². The summed E-state index contributed by atoms with van der Waals surface area (Å²) >= 11 is 0. The van der Waals surface area contributed by atoms with E-state index < -0.39 is 6.09 Å². The molecule has 0 spiro atoms. The third-order valence-electron chi connectivity index (χ3n) is 5.67. The number of hydrogen-bond acceptors (Lipinski definition) is 7. The molecular weight excluding hydrogens is 426 g/mol. The molecule has 0 radical (unpaired) electrons. The lowest BCUT2D eigenvalue weighted by molar-refractivity contribution is 0.102. The lowest BCUT2D eigenvalue weighted by Gasteiger charge is -2.40. The maximum absolute atomic E-state index is 13.0. The summed E-state index contributed by atoms with van der Waals surface area (Å²) in [4.78, 5) is 36.6. The van der Waals surface area contributed by atoms with E-state index in [9.17, 15) is 14.7 Å². The van der Waals surface area contributed by atoms with E-state index in [0.29, 0.717) is 55.6 Å². The normalized spacial score (nSPS) is 16.2. The number of anilines is 2. The van der Waals surface area contributed by atoms with Crippen LogP contribution in [0.4, 0.5) is 16.4 Å². The monoisotopic (exact) mass is 453 g/mol. The fourth-order valence-corrected chi connectivity index (χ4v) is 4.03. The first-order chi connectivity index (χ1) is 15.9. The van der Waals surface area contributed by atoms with Crippen LogP contribution < -0.4 is 15.0 Å². The van der Waals surface area contributed by atoms with E-state index >= 15 is 0 Å². The zero-order chi connectivity index (χ0) is 23.5. The Balaban J connectivity index is 1.49. The zero-order valence-corrected chi connectivity index (χ0v) is 18.9. The number of hydrogen-bond donors (Lipinski definition) is 2. The first-order valence-electron chi connectivity index (χ1n) is 10.9. The van der Waals surface area contributed by atoms with Crippen LogP contribution in [0.3, 0.4) is 0 Å². The third-order valence-corrected chi connectivity index (χ3v) is 5.67. The molecule has 11 heteroatoms. The van der Waals surface area contributed by atoms with Crippen LogP contribution in [0, 0.1) is 0 Å². The Labute approximate surface area is 191 Å². The van der Waals surface area contributed by atoms with Gasteiger partial charge >= 0.3 is 6.09 Å². The average molecular weight is 454 g/mol. The predicted octanol–water partition coefficient (Wildman–Crippen LogP) is 2.59. The van der Waals surface area contributed by atoms with Gasteiger partial charge in [-0.05, 0) is 19.4 Å². The molecule has 0 bridgehead atoms. The average Bonchev–Trinajstić information content (AvgIpc) is 3.17. The van der Waals surface area contributed by atoms with Gasteiger partial charge < -0.3 is 25.0 Å². The van der Waals surface area contributed by atoms with Crippen LogP contribution in [-0.4, -0.2) is 74.0 Å². The van der Waals surface area contributed by atoms with E-state index in [1.165, 1.54) is 11.1 Å². The summed E-state index contributed by atoms with van der Waals surface area (Å²) < 4.78 is 7.35.